The van der Waals surface area contributed by atoms with Crippen molar-refractivity contribution in [3.63, 3.8) is 0 Å². The smallest absolute Gasteiger partial charge is 0.270 e. The Kier molecular flexibility index (Phi) is 7.95. The Bertz CT molecular complexity index is 1060. The monoisotopic (exact) mass is 484 g/mol. The fourth-order valence-electron chi connectivity index (χ4n) is 4.97. The van der Waals surface area contributed by atoms with E-state index in [-0.39, 0.29) is 17.7 Å². The largest absolute Gasteiger partial charge is 0.497 e. The lowest BCUT2D eigenvalue weighted by molar-refractivity contribution is -0.137. The fraction of sp³-hybridized carbons (Fsp3) is 0.577. The van der Waals surface area contributed by atoms with Gasteiger partial charge in [-0.3, -0.25) is 14.4 Å². The molecule has 9 nitrogen and oxygen atoms in total. The molecule has 4 rings (SSSR count). The highest BCUT2D eigenvalue weighted by Crippen LogP contribution is 2.38. The summed E-state index contributed by atoms with van der Waals surface area (Å²) in [7, 11) is 1.61. The molecular weight excluding hydrogens is 448 g/mol. The van der Waals surface area contributed by atoms with Crippen LogP contribution in [0.1, 0.15) is 55.9 Å². The van der Waals surface area contributed by atoms with Gasteiger partial charge in [-0.05, 0) is 57.2 Å². The van der Waals surface area contributed by atoms with Crippen LogP contribution in [0.2, 0.25) is 0 Å². The van der Waals surface area contributed by atoms with Gasteiger partial charge in [0.25, 0.3) is 5.91 Å². The molecule has 2 fully saturated rings. The van der Waals surface area contributed by atoms with Gasteiger partial charge in [0.2, 0.25) is 11.8 Å². The van der Waals surface area contributed by atoms with Crippen molar-refractivity contribution < 1.29 is 23.9 Å². The number of hydrogen-bond acceptors (Lipinski definition) is 5. The molecule has 1 aromatic carbocycles. The first-order chi connectivity index (χ1) is 16.9. The molecule has 3 amide bonds. The van der Waals surface area contributed by atoms with Crippen LogP contribution in [0.25, 0.3) is 10.9 Å². The molecule has 0 bridgehead atoms. The molecule has 0 unspecified atom stereocenters. The molecule has 0 aliphatic carbocycles. The number of aromatic nitrogens is 1. The first-order valence-electron chi connectivity index (χ1n) is 12.5. The molecule has 3 N–H and O–H groups in total. The van der Waals surface area contributed by atoms with Gasteiger partial charge in [0.15, 0.2) is 0 Å². The summed E-state index contributed by atoms with van der Waals surface area (Å²) < 4.78 is 10.9. The van der Waals surface area contributed by atoms with Crippen LogP contribution in [0.5, 0.6) is 5.75 Å². The van der Waals surface area contributed by atoms with Gasteiger partial charge in [-0.2, -0.15) is 0 Å². The average molecular weight is 485 g/mol. The van der Waals surface area contributed by atoms with Gasteiger partial charge in [0.05, 0.1) is 12.5 Å². The summed E-state index contributed by atoms with van der Waals surface area (Å²) in [6, 6.07) is 6.92. The molecule has 0 saturated carbocycles. The first kappa shape index (κ1) is 25.0. The maximum Gasteiger partial charge on any atom is 0.270 e. The van der Waals surface area contributed by atoms with E-state index in [4.69, 9.17) is 9.47 Å². The summed E-state index contributed by atoms with van der Waals surface area (Å²) in [5, 5.41) is 6.75. The Balaban J connectivity index is 1.45. The second kappa shape index (κ2) is 11.1. The molecule has 2 aliphatic rings. The third-order valence-corrected chi connectivity index (χ3v) is 7.25. The number of ether oxygens (including phenoxy) is 2. The molecule has 3 heterocycles. The van der Waals surface area contributed by atoms with Crippen LogP contribution in [0.4, 0.5) is 0 Å². The van der Waals surface area contributed by atoms with Gasteiger partial charge in [-0.15, -0.1) is 0 Å². The Morgan fingerprint density at radius 3 is 2.63 bits per heavy atom. The number of rotatable bonds is 2. The van der Waals surface area contributed by atoms with Crippen molar-refractivity contribution >= 4 is 28.6 Å². The minimum atomic E-state index is -0.605. The first-order valence-corrected chi connectivity index (χ1v) is 12.5. The number of hydrogen-bond donors (Lipinski definition) is 3. The number of fused-ring (bicyclic) bond motifs is 1. The quantitative estimate of drug-likeness (QED) is 0.607. The number of H-pyrrole nitrogens is 1. The number of aromatic amines is 1. The lowest BCUT2D eigenvalue weighted by Crippen LogP contribution is -2.54. The molecule has 9 heteroatoms. The summed E-state index contributed by atoms with van der Waals surface area (Å²) in [4.78, 5) is 44.0. The summed E-state index contributed by atoms with van der Waals surface area (Å²) in [5.74, 6) is 0.375. The minimum Gasteiger partial charge on any atom is -0.497 e. The fourth-order valence-corrected chi connectivity index (χ4v) is 4.97. The Labute approximate surface area is 205 Å². The Morgan fingerprint density at radius 2 is 1.86 bits per heavy atom. The lowest BCUT2D eigenvalue weighted by atomic mass is 9.73. The van der Waals surface area contributed by atoms with Gasteiger partial charge in [0, 0.05) is 49.8 Å². The van der Waals surface area contributed by atoms with Gasteiger partial charge in [-0.25, -0.2) is 0 Å². The van der Waals surface area contributed by atoms with E-state index in [0.29, 0.717) is 57.8 Å². The summed E-state index contributed by atoms with van der Waals surface area (Å²) in [6.07, 6.45) is 4.35. The number of carbonyl (C=O) groups is 3. The number of carbonyl (C=O) groups excluding carboxylic acids is 3. The maximum absolute atomic E-state index is 13.4. The van der Waals surface area contributed by atoms with Crippen molar-refractivity contribution in [2.45, 2.75) is 51.5 Å². The van der Waals surface area contributed by atoms with E-state index >= 15 is 0 Å². The Hall–Kier alpha value is -3.07. The molecule has 35 heavy (non-hydrogen) atoms. The molecule has 2 aliphatic heterocycles. The highest BCUT2D eigenvalue weighted by molar-refractivity contribution is 5.98. The molecule has 2 aromatic rings. The molecular formula is C26H36N4O5. The van der Waals surface area contributed by atoms with Crippen molar-refractivity contribution in [1.29, 1.82) is 0 Å². The second-order valence-corrected chi connectivity index (χ2v) is 9.62. The van der Waals surface area contributed by atoms with Crippen LogP contribution in [-0.4, -0.2) is 73.6 Å². The third kappa shape index (κ3) is 5.78. The number of likely N-dealkylation sites (tertiary alicyclic amines) is 1. The summed E-state index contributed by atoms with van der Waals surface area (Å²) >= 11 is 0. The van der Waals surface area contributed by atoms with E-state index < -0.39 is 11.5 Å². The normalized spacial score (nSPS) is 22.3. The van der Waals surface area contributed by atoms with Crippen LogP contribution >= 0.6 is 0 Å². The SMILES string of the molecule is COc1ccc2cc(C(=O)N3CCC4(CCCCOCCCNC(=O)[C@H](C)NC4=O)CC3)[nH]c2c1. The van der Waals surface area contributed by atoms with Crippen LogP contribution in [0, 0.1) is 5.41 Å². The number of piperidine rings is 1. The predicted molar refractivity (Wildman–Crippen MR) is 132 cm³/mol. The third-order valence-electron chi connectivity index (χ3n) is 7.25. The van der Waals surface area contributed by atoms with Crippen LogP contribution in [-0.2, 0) is 14.3 Å². The summed E-state index contributed by atoms with van der Waals surface area (Å²) in [6.45, 7) is 4.49. The van der Waals surface area contributed by atoms with E-state index in [2.05, 4.69) is 15.6 Å². The lowest BCUT2D eigenvalue weighted by Gasteiger charge is -2.41. The van der Waals surface area contributed by atoms with Crippen molar-refractivity contribution in [3.05, 3.63) is 30.0 Å². The summed E-state index contributed by atoms with van der Waals surface area (Å²) in [5.41, 5.74) is 0.784. The van der Waals surface area contributed by atoms with Crippen molar-refractivity contribution in [1.82, 2.24) is 20.5 Å². The predicted octanol–water partition coefficient (Wildman–Crippen LogP) is 2.61. The minimum absolute atomic E-state index is 0.0718. The molecule has 190 valence electrons. The van der Waals surface area contributed by atoms with E-state index in [0.717, 1.165) is 35.9 Å². The van der Waals surface area contributed by atoms with Crippen LogP contribution in [0.15, 0.2) is 24.3 Å². The molecule has 2 saturated heterocycles. The van der Waals surface area contributed by atoms with Gasteiger partial charge < -0.3 is 30.0 Å². The van der Waals surface area contributed by atoms with E-state index in [1.807, 2.05) is 29.2 Å². The van der Waals surface area contributed by atoms with Crippen molar-refractivity contribution in [3.8, 4) is 5.75 Å². The number of methoxy groups -OCH3 is 1. The van der Waals surface area contributed by atoms with E-state index in [1.165, 1.54) is 0 Å². The molecule has 1 atom stereocenters. The second-order valence-electron chi connectivity index (χ2n) is 9.62. The topological polar surface area (TPSA) is 113 Å². The van der Waals surface area contributed by atoms with Crippen molar-refractivity contribution in [2.75, 3.05) is 40.0 Å². The number of amides is 3. The van der Waals surface area contributed by atoms with E-state index in [1.54, 1.807) is 14.0 Å². The highest BCUT2D eigenvalue weighted by Gasteiger charge is 2.42. The van der Waals surface area contributed by atoms with Gasteiger partial charge in [-0.1, -0.05) is 6.42 Å². The molecule has 0 radical (unpaired) electrons. The van der Waals surface area contributed by atoms with E-state index in [9.17, 15) is 14.4 Å². The highest BCUT2D eigenvalue weighted by atomic mass is 16.5. The van der Waals surface area contributed by atoms with Crippen LogP contribution in [0.3, 0.4) is 0 Å². The average Bonchev–Trinajstić information content (AvgIpc) is 3.30. The number of nitrogens with zero attached hydrogens (tertiary/aromatic N) is 1. The Morgan fingerprint density at radius 1 is 1.09 bits per heavy atom. The number of benzene rings is 1. The zero-order valence-corrected chi connectivity index (χ0v) is 20.7. The van der Waals surface area contributed by atoms with Crippen LogP contribution < -0.4 is 15.4 Å². The molecule has 1 aromatic heterocycles. The zero-order valence-electron chi connectivity index (χ0n) is 20.7. The standard InChI is InChI=1S/C26H36N4O5/c1-18-23(31)27-11-5-15-35-14-4-3-8-26(25(33)28-18)9-12-30(13-10-26)24(32)22-16-19-6-7-20(34-2)17-21(19)29-22/h6-7,16-18,29H,3-5,8-15H2,1-2H3,(H,27,31)(H,28,33)/t18-/m0/s1. The maximum atomic E-state index is 13.4. The molecule has 1 spiro atoms. The van der Waals surface area contributed by atoms with Gasteiger partial charge >= 0.3 is 0 Å². The van der Waals surface area contributed by atoms with Crippen molar-refractivity contribution in [2.24, 2.45) is 5.41 Å². The number of nitrogens with one attached hydrogen (secondary N) is 3. The van der Waals surface area contributed by atoms with Gasteiger partial charge in [0.1, 0.15) is 17.5 Å². The zero-order chi connectivity index (χ0) is 24.8.